The molecule has 0 spiro atoms. The minimum atomic E-state index is -0.0711. The van der Waals surface area contributed by atoms with Crippen molar-refractivity contribution in [3.8, 4) is 5.75 Å². The molecule has 2 aromatic rings. The number of hydrogen-bond acceptors (Lipinski definition) is 4. The van der Waals surface area contributed by atoms with Gasteiger partial charge in [-0.1, -0.05) is 12.1 Å². The molecule has 18 heavy (non-hydrogen) atoms. The Hall–Kier alpha value is -1.94. The lowest BCUT2D eigenvalue weighted by Crippen LogP contribution is -2.16. The first kappa shape index (κ1) is 12.5. The predicted molar refractivity (Wildman–Crippen MR) is 69.7 cm³/mol. The fourth-order valence-electron chi connectivity index (χ4n) is 1.86. The SMILES string of the molecule is COc1ccccc1N(C)Cc1ccc(CO)o1. The van der Waals surface area contributed by atoms with Gasteiger partial charge in [0.25, 0.3) is 0 Å². The highest BCUT2D eigenvalue weighted by Crippen LogP contribution is 2.27. The van der Waals surface area contributed by atoms with Gasteiger partial charge in [0.1, 0.15) is 23.9 Å². The van der Waals surface area contributed by atoms with E-state index in [2.05, 4.69) is 0 Å². The first-order valence-corrected chi connectivity index (χ1v) is 5.77. The molecule has 1 aromatic carbocycles. The number of aliphatic hydroxyl groups is 1. The van der Waals surface area contributed by atoms with Crippen LogP contribution in [0, 0.1) is 0 Å². The molecule has 0 radical (unpaired) electrons. The number of ether oxygens (including phenoxy) is 1. The fraction of sp³-hybridized carbons (Fsp3) is 0.286. The van der Waals surface area contributed by atoms with Crippen LogP contribution in [0.1, 0.15) is 11.5 Å². The summed E-state index contributed by atoms with van der Waals surface area (Å²) < 4.78 is 10.8. The zero-order chi connectivity index (χ0) is 13.0. The van der Waals surface area contributed by atoms with Gasteiger partial charge < -0.3 is 19.2 Å². The van der Waals surface area contributed by atoms with E-state index in [0.29, 0.717) is 12.3 Å². The van der Waals surface area contributed by atoms with E-state index in [1.807, 2.05) is 42.3 Å². The summed E-state index contributed by atoms with van der Waals surface area (Å²) in [7, 11) is 3.63. The molecule has 4 nitrogen and oxygen atoms in total. The molecular formula is C14H17NO3. The number of aliphatic hydroxyl groups excluding tert-OH is 1. The monoisotopic (exact) mass is 247 g/mol. The second-order valence-electron chi connectivity index (χ2n) is 4.05. The minimum Gasteiger partial charge on any atom is -0.495 e. The number of para-hydroxylation sites is 2. The van der Waals surface area contributed by atoms with Gasteiger partial charge in [0.05, 0.1) is 19.3 Å². The second kappa shape index (κ2) is 5.60. The van der Waals surface area contributed by atoms with E-state index in [1.54, 1.807) is 13.2 Å². The van der Waals surface area contributed by atoms with Crippen LogP contribution < -0.4 is 9.64 Å². The maximum Gasteiger partial charge on any atom is 0.142 e. The fourth-order valence-corrected chi connectivity index (χ4v) is 1.86. The van der Waals surface area contributed by atoms with E-state index in [4.69, 9.17) is 14.3 Å². The number of rotatable bonds is 5. The summed E-state index contributed by atoms with van der Waals surface area (Å²) in [6.07, 6.45) is 0. The molecule has 0 atom stereocenters. The van der Waals surface area contributed by atoms with Crippen molar-refractivity contribution in [1.29, 1.82) is 0 Å². The van der Waals surface area contributed by atoms with Crippen LogP contribution in [0.2, 0.25) is 0 Å². The average molecular weight is 247 g/mol. The lowest BCUT2D eigenvalue weighted by molar-refractivity contribution is 0.243. The summed E-state index contributed by atoms with van der Waals surface area (Å²) in [5.41, 5.74) is 1.00. The summed E-state index contributed by atoms with van der Waals surface area (Å²) in [5.74, 6) is 2.22. The molecule has 0 aliphatic carbocycles. The van der Waals surface area contributed by atoms with Crippen LogP contribution >= 0.6 is 0 Å². The van der Waals surface area contributed by atoms with Crippen molar-refractivity contribution < 1.29 is 14.3 Å². The minimum absolute atomic E-state index is 0.0711. The summed E-state index contributed by atoms with van der Waals surface area (Å²) >= 11 is 0. The Morgan fingerprint density at radius 2 is 1.89 bits per heavy atom. The van der Waals surface area contributed by atoms with Gasteiger partial charge in [0.15, 0.2) is 0 Å². The van der Waals surface area contributed by atoms with Crippen molar-refractivity contribution in [2.45, 2.75) is 13.2 Å². The van der Waals surface area contributed by atoms with Gasteiger partial charge >= 0.3 is 0 Å². The summed E-state index contributed by atoms with van der Waals surface area (Å²) in [6.45, 7) is 0.554. The number of benzene rings is 1. The Bertz CT molecular complexity index is 507. The molecule has 0 saturated heterocycles. The molecule has 0 amide bonds. The van der Waals surface area contributed by atoms with Crippen LogP contribution in [0.25, 0.3) is 0 Å². The third-order valence-electron chi connectivity index (χ3n) is 2.76. The smallest absolute Gasteiger partial charge is 0.142 e. The number of furan rings is 1. The third kappa shape index (κ3) is 2.65. The van der Waals surface area contributed by atoms with Crippen molar-refractivity contribution in [2.24, 2.45) is 0 Å². The van der Waals surface area contributed by atoms with Gasteiger partial charge in [0, 0.05) is 7.05 Å². The van der Waals surface area contributed by atoms with Crippen molar-refractivity contribution in [3.63, 3.8) is 0 Å². The Balaban J connectivity index is 2.13. The summed E-state index contributed by atoms with van der Waals surface area (Å²) in [6, 6.07) is 11.5. The summed E-state index contributed by atoms with van der Waals surface area (Å²) in [5, 5.41) is 8.96. The van der Waals surface area contributed by atoms with Crippen LogP contribution in [0.4, 0.5) is 5.69 Å². The van der Waals surface area contributed by atoms with Gasteiger partial charge in [-0.05, 0) is 24.3 Å². The average Bonchev–Trinajstić information content (AvgIpc) is 2.86. The third-order valence-corrected chi connectivity index (χ3v) is 2.76. The first-order valence-electron chi connectivity index (χ1n) is 5.77. The zero-order valence-corrected chi connectivity index (χ0v) is 10.6. The van der Waals surface area contributed by atoms with E-state index < -0.39 is 0 Å². The van der Waals surface area contributed by atoms with Crippen molar-refractivity contribution in [2.75, 3.05) is 19.1 Å². The van der Waals surface area contributed by atoms with Gasteiger partial charge in [-0.2, -0.15) is 0 Å². The maximum atomic E-state index is 8.96. The number of hydrogen-bond donors (Lipinski definition) is 1. The van der Waals surface area contributed by atoms with Crippen LogP contribution in [0.5, 0.6) is 5.75 Å². The molecule has 1 N–H and O–H groups in total. The molecule has 0 aliphatic heterocycles. The summed E-state index contributed by atoms with van der Waals surface area (Å²) in [4.78, 5) is 2.04. The van der Waals surface area contributed by atoms with Gasteiger partial charge in [0.2, 0.25) is 0 Å². The molecule has 0 bridgehead atoms. The topological polar surface area (TPSA) is 45.8 Å². The lowest BCUT2D eigenvalue weighted by atomic mass is 10.2. The standard InChI is InChI=1S/C14H17NO3/c1-15(9-11-7-8-12(10-16)18-11)13-5-3-4-6-14(13)17-2/h3-8,16H,9-10H2,1-2H3. The normalized spacial score (nSPS) is 10.4. The largest absolute Gasteiger partial charge is 0.495 e. The Morgan fingerprint density at radius 3 is 2.56 bits per heavy atom. The maximum absolute atomic E-state index is 8.96. The molecule has 0 unspecified atom stereocenters. The molecule has 0 fully saturated rings. The van der Waals surface area contributed by atoms with Crippen LogP contribution in [-0.2, 0) is 13.2 Å². The predicted octanol–water partition coefficient (Wildman–Crippen LogP) is 2.42. The molecule has 0 aliphatic rings. The highest BCUT2D eigenvalue weighted by atomic mass is 16.5. The number of nitrogens with zero attached hydrogens (tertiary/aromatic N) is 1. The molecule has 4 heteroatoms. The van der Waals surface area contributed by atoms with E-state index in [1.165, 1.54) is 0 Å². The zero-order valence-electron chi connectivity index (χ0n) is 10.6. The van der Waals surface area contributed by atoms with Crippen molar-refractivity contribution in [1.82, 2.24) is 0 Å². The van der Waals surface area contributed by atoms with E-state index in [9.17, 15) is 0 Å². The Labute approximate surface area is 106 Å². The molecule has 0 saturated carbocycles. The second-order valence-corrected chi connectivity index (χ2v) is 4.05. The molecule has 2 rings (SSSR count). The number of methoxy groups -OCH3 is 1. The van der Waals surface area contributed by atoms with Crippen molar-refractivity contribution in [3.05, 3.63) is 47.9 Å². The highest BCUT2D eigenvalue weighted by molar-refractivity contribution is 5.57. The quantitative estimate of drug-likeness (QED) is 0.881. The first-order chi connectivity index (χ1) is 8.74. The molecule has 1 heterocycles. The van der Waals surface area contributed by atoms with E-state index in [0.717, 1.165) is 17.2 Å². The van der Waals surface area contributed by atoms with Crippen LogP contribution in [-0.4, -0.2) is 19.3 Å². The molecule has 1 aromatic heterocycles. The van der Waals surface area contributed by atoms with Gasteiger partial charge in [-0.15, -0.1) is 0 Å². The van der Waals surface area contributed by atoms with E-state index in [-0.39, 0.29) is 6.61 Å². The van der Waals surface area contributed by atoms with Gasteiger partial charge in [-0.3, -0.25) is 0 Å². The molecule has 96 valence electrons. The molecular weight excluding hydrogens is 230 g/mol. The highest BCUT2D eigenvalue weighted by Gasteiger charge is 2.10. The van der Waals surface area contributed by atoms with Gasteiger partial charge in [-0.25, -0.2) is 0 Å². The van der Waals surface area contributed by atoms with E-state index >= 15 is 0 Å². The Morgan fingerprint density at radius 1 is 1.17 bits per heavy atom. The Kier molecular flexibility index (Phi) is 3.89. The number of anilines is 1. The van der Waals surface area contributed by atoms with Crippen LogP contribution in [0.15, 0.2) is 40.8 Å². The van der Waals surface area contributed by atoms with Crippen LogP contribution in [0.3, 0.4) is 0 Å². The van der Waals surface area contributed by atoms with Crippen molar-refractivity contribution >= 4 is 5.69 Å². The lowest BCUT2D eigenvalue weighted by Gasteiger charge is -2.20.